The highest BCUT2D eigenvalue weighted by atomic mass is 35.5. The van der Waals surface area contributed by atoms with Crippen LogP contribution in [-0.4, -0.2) is 47.9 Å². The Kier molecular flexibility index (Phi) is 4.71. The molecule has 2 N–H and O–H groups in total. The van der Waals surface area contributed by atoms with E-state index in [0.717, 1.165) is 0 Å². The number of nitrogens with zero attached hydrogens (tertiary/aromatic N) is 5. The first-order chi connectivity index (χ1) is 13.8. The Balaban J connectivity index is 2.05. The highest BCUT2D eigenvalue weighted by molar-refractivity contribution is 6.33. The number of aromatic nitrogens is 6. The summed E-state index contributed by atoms with van der Waals surface area (Å²) in [4.78, 5) is 6.59. The second-order valence-electron chi connectivity index (χ2n) is 6.17. The molecule has 0 fully saturated rings. The Bertz CT molecular complexity index is 1190. The number of aryl methyl sites for hydroxylation is 1. The normalized spacial score (nSPS) is 12.8. The van der Waals surface area contributed by atoms with Crippen LogP contribution in [0, 0.1) is 5.82 Å². The Morgan fingerprint density at radius 3 is 2.69 bits per heavy atom. The number of nitrogens with one attached hydrogen (secondary N) is 1. The van der Waals surface area contributed by atoms with Crippen LogP contribution in [0.1, 0.15) is 11.9 Å². The van der Waals surface area contributed by atoms with Crippen molar-refractivity contribution in [3.8, 4) is 23.0 Å². The molecule has 1 unspecified atom stereocenters. The first-order valence-corrected chi connectivity index (χ1v) is 8.64. The van der Waals surface area contributed by atoms with Crippen molar-refractivity contribution in [1.82, 2.24) is 29.3 Å². The number of alkyl halides is 2. The van der Waals surface area contributed by atoms with E-state index in [9.17, 15) is 13.9 Å². The molecule has 0 aliphatic heterocycles. The molecule has 12 heteroatoms. The van der Waals surface area contributed by atoms with Gasteiger partial charge >= 0.3 is 0 Å². The standard InChI is InChI=1S/C17H14ClF3N6O2/c1-26-11-7(5-8(29-2)9(18)10(11)19)12(27-4-3-22-6-27)13(26)16-23-17(25-24-16)14(28)15(20)21/h3-6,14-15,28H,1-2H3,(H,23,24,25). The molecule has 0 aliphatic carbocycles. The summed E-state index contributed by atoms with van der Waals surface area (Å²) in [5.74, 6) is -0.949. The van der Waals surface area contributed by atoms with Gasteiger partial charge in [0.15, 0.2) is 23.6 Å². The van der Waals surface area contributed by atoms with Crippen molar-refractivity contribution in [2.24, 2.45) is 7.05 Å². The second kappa shape index (κ2) is 7.08. The minimum Gasteiger partial charge on any atom is -0.495 e. The van der Waals surface area contributed by atoms with Gasteiger partial charge in [-0.1, -0.05) is 11.6 Å². The SMILES string of the molecule is COc1cc2c(-n3ccnc3)c(-c3nnc(C(O)C(F)F)[nH]3)n(C)c2c(F)c1Cl. The van der Waals surface area contributed by atoms with Gasteiger partial charge in [-0.25, -0.2) is 18.2 Å². The van der Waals surface area contributed by atoms with Crippen LogP contribution < -0.4 is 4.74 Å². The summed E-state index contributed by atoms with van der Waals surface area (Å²) in [5, 5.41) is 17.3. The van der Waals surface area contributed by atoms with E-state index in [0.29, 0.717) is 16.8 Å². The molecule has 0 bridgehead atoms. The topological polar surface area (TPSA) is 93.8 Å². The summed E-state index contributed by atoms with van der Waals surface area (Å²) >= 11 is 6.07. The third-order valence-electron chi connectivity index (χ3n) is 4.53. The number of ether oxygens (including phenoxy) is 1. The van der Waals surface area contributed by atoms with E-state index >= 15 is 4.39 Å². The molecule has 4 rings (SSSR count). The van der Waals surface area contributed by atoms with Gasteiger partial charge in [0.1, 0.15) is 16.5 Å². The van der Waals surface area contributed by atoms with E-state index in [4.69, 9.17) is 16.3 Å². The summed E-state index contributed by atoms with van der Waals surface area (Å²) < 4.78 is 48.9. The Morgan fingerprint density at radius 2 is 2.07 bits per heavy atom. The summed E-state index contributed by atoms with van der Waals surface area (Å²) in [7, 11) is 2.93. The molecule has 1 atom stereocenters. The van der Waals surface area contributed by atoms with E-state index < -0.39 is 24.2 Å². The van der Waals surface area contributed by atoms with E-state index in [1.54, 1.807) is 23.9 Å². The van der Waals surface area contributed by atoms with Crippen LogP contribution in [0.15, 0.2) is 24.8 Å². The van der Waals surface area contributed by atoms with Crippen molar-refractivity contribution in [3.05, 3.63) is 41.5 Å². The lowest BCUT2D eigenvalue weighted by Crippen LogP contribution is -2.09. The Labute approximate surface area is 166 Å². The number of hydrogen-bond acceptors (Lipinski definition) is 5. The minimum absolute atomic E-state index is 0.0524. The maximum atomic E-state index is 15.1. The summed E-state index contributed by atoms with van der Waals surface area (Å²) in [5.41, 5.74) is 0.909. The van der Waals surface area contributed by atoms with Crippen molar-refractivity contribution < 1.29 is 23.0 Å². The first kappa shape index (κ1) is 19.3. The lowest BCUT2D eigenvalue weighted by Gasteiger charge is -2.07. The predicted molar refractivity (Wildman–Crippen MR) is 97.9 cm³/mol. The highest BCUT2D eigenvalue weighted by Gasteiger charge is 2.28. The van der Waals surface area contributed by atoms with Crippen LogP contribution in [0.3, 0.4) is 0 Å². The van der Waals surface area contributed by atoms with Crippen molar-refractivity contribution in [3.63, 3.8) is 0 Å². The molecule has 1 aromatic carbocycles. The summed E-state index contributed by atoms with van der Waals surface area (Å²) in [6, 6.07) is 1.56. The van der Waals surface area contributed by atoms with Gasteiger partial charge in [-0.15, -0.1) is 10.2 Å². The zero-order valence-electron chi connectivity index (χ0n) is 15.1. The average molecular weight is 427 g/mol. The van der Waals surface area contributed by atoms with E-state index in [2.05, 4.69) is 20.2 Å². The average Bonchev–Trinajstić information content (AvgIpc) is 3.42. The van der Waals surface area contributed by atoms with E-state index in [1.807, 2.05) is 0 Å². The molecule has 3 aromatic heterocycles. The van der Waals surface area contributed by atoms with Crippen LogP contribution in [0.2, 0.25) is 5.02 Å². The number of rotatable bonds is 5. The quantitative estimate of drug-likeness (QED) is 0.511. The van der Waals surface area contributed by atoms with Gasteiger partial charge in [0.25, 0.3) is 6.43 Å². The summed E-state index contributed by atoms with van der Waals surface area (Å²) in [6.45, 7) is 0. The van der Waals surface area contributed by atoms with Gasteiger partial charge < -0.3 is 24.0 Å². The fourth-order valence-electron chi connectivity index (χ4n) is 3.21. The van der Waals surface area contributed by atoms with Gasteiger partial charge in [0, 0.05) is 24.8 Å². The molecule has 29 heavy (non-hydrogen) atoms. The number of halogens is 4. The van der Waals surface area contributed by atoms with Crippen LogP contribution >= 0.6 is 11.6 Å². The molecular formula is C17H14ClF3N6O2. The second-order valence-corrected chi connectivity index (χ2v) is 6.55. The molecule has 0 aliphatic rings. The van der Waals surface area contributed by atoms with Crippen LogP contribution in [0.25, 0.3) is 28.1 Å². The van der Waals surface area contributed by atoms with Crippen LogP contribution in [0.4, 0.5) is 13.2 Å². The first-order valence-electron chi connectivity index (χ1n) is 8.27. The molecule has 4 aromatic rings. The van der Waals surface area contributed by atoms with Gasteiger partial charge in [-0.05, 0) is 6.07 Å². The lowest BCUT2D eigenvalue weighted by molar-refractivity contribution is -0.0106. The number of aliphatic hydroxyl groups is 1. The third-order valence-corrected chi connectivity index (χ3v) is 4.88. The van der Waals surface area contributed by atoms with Crippen molar-refractivity contribution in [1.29, 1.82) is 0 Å². The largest absolute Gasteiger partial charge is 0.495 e. The summed E-state index contributed by atoms with van der Waals surface area (Å²) in [6.07, 6.45) is -0.533. The van der Waals surface area contributed by atoms with Crippen molar-refractivity contribution in [2.45, 2.75) is 12.5 Å². The lowest BCUT2D eigenvalue weighted by atomic mass is 10.2. The molecule has 152 valence electrons. The van der Waals surface area contributed by atoms with Gasteiger partial charge in [-0.2, -0.15) is 0 Å². The number of imidazole rings is 1. The molecule has 0 saturated carbocycles. The maximum absolute atomic E-state index is 15.1. The molecule has 0 amide bonds. The number of hydrogen-bond donors (Lipinski definition) is 2. The monoisotopic (exact) mass is 426 g/mol. The van der Waals surface area contributed by atoms with Gasteiger partial charge in [0.2, 0.25) is 0 Å². The third kappa shape index (κ3) is 2.93. The fraction of sp³-hybridized carbons (Fsp3) is 0.235. The zero-order chi connectivity index (χ0) is 20.9. The molecular weight excluding hydrogens is 413 g/mol. The predicted octanol–water partition coefficient (Wildman–Crippen LogP) is 3.25. The number of benzene rings is 1. The van der Waals surface area contributed by atoms with E-state index in [1.165, 1.54) is 24.2 Å². The van der Waals surface area contributed by atoms with Crippen molar-refractivity contribution >= 4 is 22.5 Å². The van der Waals surface area contributed by atoms with Gasteiger partial charge in [-0.3, -0.25) is 0 Å². The molecule has 3 heterocycles. The van der Waals surface area contributed by atoms with Crippen LogP contribution in [0.5, 0.6) is 5.75 Å². The molecule has 0 saturated heterocycles. The smallest absolute Gasteiger partial charge is 0.271 e. The molecule has 0 spiro atoms. The maximum Gasteiger partial charge on any atom is 0.271 e. The van der Waals surface area contributed by atoms with Gasteiger partial charge in [0.05, 0.1) is 24.6 Å². The zero-order valence-corrected chi connectivity index (χ0v) is 15.8. The number of H-pyrrole nitrogens is 1. The Morgan fingerprint density at radius 1 is 1.31 bits per heavy atom. The minimum atomic E-state index is -3.04. The number of methoxy groups -OCH3 is 1. The van der Waals surface area contributed by atoms with Crippen molar-refractivity contribution in [2.75, 3.05) is 7.11 Å². The molecule has 0 radical (unpaired) electrons. The number of aromatic amines is 1. The molecule has 8 nitrogen and oxygen atoms in total. The highest BCUT2D eigenvalue weighted by Crippen LogP contribution is 2.41. The fourth-order valence-corrected chi connectivity index (χ4v) is 3.43. The number of aliphatic hydroxyl groups excluding tert-OH is 1. The Hall–Kier alpha value is -3.05. The van der Waals surface area contributed by atoms with Crippen LogP contribution in [-0.2, 0) is 7.05 Å². The number of fused-ring (bicyclic) bond motifs is 1. The van der Waals surface area contributed by atoms with E-state index in [-0.39, 0.29) is 22.1 Å².